The molecule has 3 aromatic carbocycles. The first kappa shape index (κ1) is 38.5. The molecule has 1 saturated heterocycles. The maximum atomic E-state index is 11.8. The standard InChI is InChI=1S/C40H45ClN4O7/c1-26-30(7-4-8-33(26)34-9-5-10-36(27(34)2)50-14-6-12-45-13-11-32(47)22-45)24-52-38-17-37(51-23-29-15-28(18-42)19-43-20-29)31(16-35(38)41)21-44-40(3,25-46)39(48)49/h4-5,7-10,15-17,19-20,32,44,46-47H,6,11-14,21-25H2,1-3H3,(H,48,49)/t32-,40-/m0/s1. The van der Waals surface area contributed by atoms with Crippen molar-refractivity contribution in [3.8, 4) is 34.4 Å². The first-order chi connectivity index (χ1) is 25.0. The van der Waals surface area contributed by atoms with Gasteiger partial charge in [0.05, 0.1) is 29.9 Å². The van der Waals surface area contributed by atoms with Gasteiger partial charge < -0.3 is 34.4 Å². The Morgan fingerprint density at radius 1 is 1.02 bits per heavy atom. The Hall–Kier alpha value is -4.70. The number of carboxylic acid groups (broad SMARTS) is 1. The number of aliphatic hydroxyl groups is 2. The van der Waals surface area contributed by atoms with Crippen LogP contribution in [0.5, 0.6) is 17.2 Å². The van der Waals surface area contributed by atoms with Gasteiger partial charge in [-0.1, -0.05) is 41.9 Å². The van der Waals surface area contributed by atoms with E-state index in [1.807, 2.05) is 24.3 Å². The molecule has 0 bridgehead atoms. The molecule has 2 atom stereocenters. The Labute approximate surface area is 309 Å². The lowest BCUT2D eigenvalue weighted by Gasteiger charge is -2.25. The summed E-state index contributed by atoms with van der Waals surface area (Å²) in [6, 6.07) is 19.2. The van der Waals surface area contributed by atoms with Gasteiger partial charge in [-0.05, 0) is 79.6 Å². The Kier molecular flexibility index (Phi) is 13.1. The lowest BCUT2D eigenvalue weighted by atomic mass is 9.93. The molecule has 52 heavy (non-hydrogen) atoms. The van der Waals surface area contributed by atoms with Crippen molar-refractivity contribution >= 4 is 17.6 Å². The SMILES string of the molecule is Cc1c(COc2cc(OCc3cncc(C#N)c3)c(CN[C@@](C)(CO)C(=O)O)cc2Cl)cccc1-c1cccc(OCCCN2CC[C@H](O)C2)c1C. The molecule has 4 N–H and O–H groups in total. The number of aliphatic hydroxyl groups excluding tert-OH is 2. The molecular formula is C40H45ClN4O7. The predicted octanol–water partition coefficient (Wildman–Crippen LogP) is 5.81. The summed E-state index contributed by atoms with van der Waals surface area (Å²) < 4.78 is 18.6. The molecule has 1 aliphatic heterocycles. The molecule has 1 aliphatic rings. The first-order valence-corrected chi connectivity index (χ1v) is 17.6. The van der Waals surface area contributed by atoms with Crippen molar-refractivity contribution in [2.45, 2.75) is 65.0 Å². The van der Waals surface area contributed by atoms with Crippen LogP contribution in [0, 0.1) is 25.2 Å². The number of carbonyl (C=O) groups is 1. The molecular weight excluding hydrogens is 684 g/mol. The Morgan fingerprint density at radius 2 is 1.77 bits per heavy atom. The number of aliphatic carboxylic acids is 1. The maximum Gasteiger partial charge on any atom is 0.326 e. The topological polar surface area (TPSA) is 157 Å². The molecule has 5 rings (SSSR count). The highest BCUT2D eigenvalue weighted by molar-refractivity contribution is 6.32. The Bertz CT molecular complexity index is 1920. The molecule has 274 valence electrons. The summed E-state index contributed by atoms with van der Waals surface area (Å²) in [4.78, 5) is 18.2. The molecule has 12 heteroatoms. The summed E-state index contributed by atoms with van der Waals surface area (Å²) in [6.07, 6.45) is 4.55. The maximum absolute atomic E-state index is 11.8. The van der Waals surface area contributed by atoms with Gasteiger partial charge in [0.25, 0.3) is 0 Å². The molecule has 0 aliphatic carbocycles. The average Bonchev–Trinajstić information content (AvgIpc) is 3.57. The summed E-state index contributed by atoms with van der Waals surface area (Å²) in [5, 5.41) is 41.6. The average molecular weight is 729 g/mol. The lowest BCUT2D eigenvalue weighted by Crippen LogP contribution is -2.52. The number of pyridine rings is 1. The summed E-state index contributed by atoms with van der Waals surface area (Å²) in [7, 11) is 0. The number of halogens is 1. The number of benzene rings is 3. The molecule has 2 heterocycles. The third-order valence-electron chi connectivity index (χ3n) is 9.42. The molecule has 0 amide bonds. The van der Waals surface area contributed by atoms with Gasteiger partial charge in [0.15, 0.2) is 0 Å². The van der Waals surface area contributed by atoms with Gasteiger partial charge in [0, 0.05) is 55.8 Å². The van der Waals surface area contributed by atoms with E-state index < -0.39 is 18.1 Å². The molecule has 11 nitrogen and oxygen atoms in total. The smallest absolute Gasteiger partial charge is 0.326 e. The van der Waals surface area contributed by atoms with Crippen molar-refractivity contribution in [1.29, 1.82) is 5.26 Å². The molecule has 0 radical (unpaired) electrons. The van der Waals surface area contributed by atoms with Crippen molar-refractivity contribution in [2.24, 2.45) is 0 Å². The molecule has 4 aromatic rings. The van der Waals surface area contributed by atoms with Crippen molar-refractivity contribution in [1.82, 2.24) is 15.2 Å². The highest BCUT2D eigenvalue weighted by Crippen LogP contribution is 2.36. The third-order valence-corrected chi connectivity index (χ3v) is 9.71. The fourth-order valence-corrected chi connectivity index (χ4v) is 6.31. The van der Waals surface area contributed by atoms with E-state index in [4.69, 9.17) is 25.8 Å². The number of carboxylic acids is 1. The van der Waals surface area contributed by atoms with E-state index in [1.165, 1.54) is 13.1 Å². The largest absolute Gasteiger partial charge is 0.493 e. The number of aromatic nitrogens is 1. The van der Waals surface area contributed by atoms with Crippen LogP contribution < -0.4 is 19.5 Å². The number of nitrogens with zero attached hydrogens (tertiary/aromatic N) is 3. The minimum atomic E-state index is -1.59. The molecule has 1 aromatic heterocycles. The van der Waals surface area contributed by atoms with Gasteiger partial charge in [-0.25, -0.2) is 0 Å². The van der Waals surface area contributed by atoms with Crippen LogP contribution in [-0.4, -0.2) is 75.7 Å². The molecule has 1 fully saturated rings. The van der Waals surface area contributed by atoms with Gasteiger partial charge in [0.2, 0.25) is 0 Å². The number of ether oxygens (including phenoxy) is 3. The van der Waals surface area contributed by atoms with Crippen LogP contribution in [0.3, 0.4) is 0 Å². The van der Waals surface area contributed by atoms with Crippen LogP contribution in [-0.2, 0) is 24.6 Å². The summed E-state index contributed by atoms with van der Waals surface area (Å²) in [5.74, 6) is 0.389. The van der Waals surface area contributed by atoms with Crippen LogP contribution in [0.15, 0.2) is 67.0 Å². The quantitative estimate of drug-likeness (QED) is 0.0973. The van der Waals surface area contributed by atoms with Crippen LogP contribution in [0.4, 0.5) is 0 Å². The van der Waals surface area contributed by atoms with E-state index >= 15 is 0 Å². The van der Waals surface area contributed by atoms with Gasteiger partial charge >= 0.3 is 5.97 Å². The van der Waals surface area contributed by atoms with Crippen LogP contribution in [0.25, 0.3) is 11.1 Å². The van der Waals surface area contributed by atoms with Crippen molar-refractivity contribution in [3.05, 3.63) is 105 Å². The molecule has 0 saturated carbocycles. The second kappa shape index (κ2) is 17.7. The van der Waals surface area contributed by atoms with Crippen molar-refractivity contribution in [3.63, 3.8) is 0 Å². The monoisotopic (exact) mass is 728 g/mol. The summed E-state index contributed by atoms with van der Waals surface area (Å²) in [5.41, 5.74) is 5.20. The van der Waals surface area contributed by atoms with Gasteiger partial charge in [-0.2, -0.15) is 5.26 Å². The van der Waals surface area contributed by atoms with E-state index in [9.17, 15) is 25.4 Å². The Morgan fingerprint density at radius 3 is 2.48 bits per heavy atom. The van der Waals surface area contributed by atoms with E-state index in [2.05, 4.69) is 47.3 Å². The number of hydrogen-bond acceptors (Lipinski definition) is 10. The van der Waals surface area contributed by atoms with E-state index in [-0.39, 0.29) is 25.9 Å². The van der Waals surface area contributed by atoms with E-state index in [0.29, 0.717) is 39.8 Å². The number of rotatable bonds is 17. The van der Waals surface area contributed by atoms with Crippen molar-refractivity contribution in [2.75, 3.05) is 32.8 Å². The first-order valence-electron chi connectivity index (χ1n) is 17.2. The number of nitrogens with one attached hydrogen (secondary N) is 1. The lowest BCUT2D eigenvalue weighted by molar-refractivity contribution is -0.145. The third kappa shape index (κ3) is 9.59. The van der Waals surface area contributed by atoms with Crippen molar-refractivity contribution < 1.29 is 34.3 Å². The predicted molar refractivity (Wildman–Crippen MR) is 198 cm³/mol. The highest BCUT2D eigenvalue weighted by Gasteiger charge is 2.32. The summed E-state index contributed by atoms with van der Waals surface area (Å²) >= 11 is 6.72. The Balaban J connectivity index is 1.32. The number of nitriles is 1. The van der Waals surface area contributed by atoms with Gasteiger partial charge in [-0.3, -0.25) is 15.1 Å². The second-order valence-corrected chi connectivity index (χ2v) is 13.7. The second-order valence-electron chi connectivity index (χ2n) is 13.3. The number of likely N-dealkylation sites (tertiary alicyclic amines) is 1. The van der Waals surface area contributed by atoms with Crippen LogP contribution in [0.1, 0.15) is 53.1 Å². The minimum Gasteiger partial charge on any atom is -0.493 e. The van der Waals surface area contributed by atoms with E-state index in [1.54, 1.807) is 24.4 Å². The zero-order valence-corrected chi connectivity index (χ0v) is 30.4. The fraction of sp³-hybridized carbons (Fsp3) is 0.375. The zero-order chi connectivity index (χ0) is 37.3. The number of hydrogen-bond donors (Lipinski definition) is 4. The minimum absolute atomic E-state index is 0.0288. The van der Waals surface area contributed by atoms with Crippen LogP contribution >= 0.6 is 11.6 Å². The van der Waals surface area contributed by atoms with E-state index in [0.717, 1.165) is 66.0 Å². The van der Waals surface area contributed by atoms with Gasteiger partial charge in [-0.15, -0.1) is 0 Å². The normalized spacial score (nSPS) is 15.5. The zero-order valence-electron chi connectivity index (χ0n) is 29.7. The number of β-amino-alcohol motifs (C(OH)–C–C–N with tert-alkyl or cyclic N) is 1. The molecule has 0 unspecified atom stereocenters. The van der Waals surface area contributed by atoms with Crippen LogP contribution in [0.2, 0.25) is 5.02 Å². The highest BCUT2D eigenvalue weighted by atomic mass is 35.5. The summed E-state index contributed by atoms with van der Waals surface area (Å²) in [6.45, 7) is 8.36. The fourth-order valence-electron chi connectivity index (χ4n) is 6.07. The van der Waals surface area contributed by atoms with Gasteiger partial charge in [0.1, 0.15) is 42.1 Å². The molecule has 0 spiro atoms.